The summed E-state index contributed by atoms with van der Waals surface area (Å²) in [6.45, 7) is 10.5. The summed E-state index contributed by atoms with van der Waals surface area (Å²) in [5.41, 5.74) is 1.86. The highest BCUT2D eigenvalue weighted by Crippen LogP contribution is 2.22. The number of piperazine rings is 1. The standard InChI is InChI=1S/C13H20N6/c1-3-17-5-7-19(8-6-17)13-11-12(14-9-15-13)18(4-2)10-16-11/h9-10H,3-8H2,1-2H3. The average molecular weight is 260 g/mol. The Kier molecular flexibility index (Phi) is 3.33. The van der Waals surface area contributed by atoms with Crippen LogP contribution in [0.15, 0.2) is 12.7 Å². The SMILES string of the molecule is CCN1CCN(c2ncnc3c2ncn3CC)CC1. The van der Waals surface area contributed by atoms with Crippen LogP contribution in [0.3, 0.4) is 0 Å². The molecule has 0 N–H and O–H groups in total. The van der Waals surface area contributed by atoms with Crippen molar-refractivity contribution in [3.05, 3.63) is 12.7 Å². The van der Waals surface area contributed by atoms with Gasteiger partial charge in [-0.3, -0.25) is 0 Å². The van der Waals surface area contributed by atoms with Crippen LogP contribution < -0.4 is 4.90 Å². The van der Waals surface area contributed by atoms with E-state index in [-0.39, 0.29) is 0 Å². The van der Waals surface area contributed by atoms with Crippen LogP contribution >= 0.6 is 0 Å². The van der Waals surface area contributed by atoms with Crippen molar-refractivity contribution < 1.29 is 0 Å². The normalized spacial score (nSPS) is 17.3. The van der Waals surface area contributed by atoms with E-state index in [0.29, 0.717) is 0 Å². The molecular weight excluding hydrogens is 240 g/mol. The van der Waals surface area contributed by atoms with Gasteiger partial charge in [0.05, 0.1) is 6.33 Å². The van der Waals surface area contributed by atoms with Gasteiger partial charge in [-0.1, -0.05) is 6.92 Å². The molecule has 1 aliphatic rings. The molecule has 2 aromatic rings. The van der Waals surface area contributed by atoms with Crippen LogP contribution in [0.5, 0.6) is 0 Å². The number of imidazole rings is 1. The Bertz CT molecular complexity index is 555. The van der Waals surface area contributed by atoms with Crippen LogP contribution in [-0.4, -0.2) is 57.1 Å². The van der Waals surface area contributed by atoms with Gasteiger partial charge in [-0.2, -0.15) is 0 Å². The highest BCUT2D eigenvalue weighted by atomic mass is 15.3. The summed E-state index contributed by atoms with van der Waals surface area (Å²) < 4.78 is 2.06. The van der Waals surface area contributed by atoms with Crippen LogP contribution in [-0.2, 0) is 6.54 Å². The van der Waals surface area contributed by atoms with Crippen LogP contribution in [0.25, 0.3) is 11.2 Å². The number of nitrogens with zero attached hydrogens (tertiary/aromatic N) is 6. The van der Waals surface area contributed by atoms with Crippen molar-refractivity contribution in [3.8, 4) is 0 Å². The van der Waals surface area contributed by atoms with Crippen molar-refractivity contribution in [2.24, 2.45) is 0 Å². The Labute approximate surface area is 113 Å². The maximum Gasteiger partial charge on any atom is 0.165 e. The molecule has 3 rings (SSSR count). The summed E-state index contributed by atoms with van der Waals surface area (Å²) in [6.07, 6.45) is 3.50. The number of rotatable bonds is 3. The monoisotopic (exact) mass is 260 g/mol. The summed E-state index contributed by atoms with van der Waals surface area (Å²) in [4.78, 5) is 18.1. The van der Waals surface area contributed by atoms with Gasteiger partial charge in [0, 0.05) is 32.7 Å². The lowest BCUT2D eigenvalue weighted by Crippen LogP contribution is -2.46. The molecular formula is C13H20N6. The van der Waals surface area contributed by atoms with Crippen LogP contribution in [0, 0.1) is 0 Å². The Hall–Kier alpha value is -1.69. The van der Waals surface area contributed by atoms with E-state index in [9.17, 15) is 0 Å². The van der Waals surface area contributed by atoms with Gasteiger partial charge in [0.25, 0.3) is 0 Å². The Morgan fingerprint density at radius 3 is 2.47 bits per heavy atom. The van der Waals surface area contributed by atoms with Gasteiger partial charge in [0.1, 0.15) is 6.33 Å². The Morgan fingerprint density at radius 1 is 1.00 bits per heavy atom. The lowest BCUT2D eigenvalue weighted by Gasteiger charge is -2.34. The molecule has 1 saturated heterocycles. The number of anilines is 1. The van der Waals surface area contributed by atoms with E-state index in [2.05, 4.69) is 43.2 Å². The molecule has 6 nitrogen and oxygen atoms in total. The molecule has 0 atom stereocenters. The first kappa shape index (κ1) is 12.3. The molecule has 0 spiro atoms. The minimum absolute atomic E-state index is 0.885. The third-order valence-electron chi connectivity index (χ3n) is 3.84. The van der Waals surface area contributed by atoms with Gasteiger partial charge >= 0.3 is 0 Å². The molecule has 102 valence electrons. The second-order valence-corrected chi connectivity index (χ2v) is 4.82. The predicted molar refractivity (Wildman–Crippen MR) is 75.3 cm³/mol. The topological polar surface area (TPSA) is 50.1 Å². The minimum atomic E-state index is 0.885. The molecule has 0 aliphatic carbocycles. The van der Waals surface area contributed by atoms with Crippen LogP contribution in [0.1, 0.15) is 13.8 Å². The number of hydrogen-bond donors (Lipinski definition) is 0. The molecule has 1 aliphatic heterocycles. The highest BCUT2D eigenvalue weighted by Gasteiger charge is 2.20. The number of likely N-dealkylation sites (N-methyl/N-ethyl adjacent to an activating group) is 1. The maximum absolute atomic E-state index is 4.49. The van der Waals surface area contributed by atoms with Crippen molar-refractivity contribution in [1.82, 2.24) is 24.4 Å². The van der Waals surface area contributed by atoms with E-state index in [1.807, 2.05) is 6.33 Å². The van der Waals surface area contributed by atoms with Crippen molar-refractivity contribution in [1.29, 1.82) is 0 Å². The lowest BCUT2D eigenvalue weighted by atomic mass is 10.3. The van der Waals surface area contributed by atoms with Crippen molar-refractivity contribution in [3.63, 3.8) is 0 Å². The fraction of sp³-hybridized carbons (Fsp3) is 0.615. The molecule has 2 aromatic heterocycles. The molecule has 0 saturated carbocycles. The molecule has 1 fully saturated rings. The van der Waals surface area contributed by atoms with Crippen molar-refractivity contribution in [2.75, 3.05) is 37.6 Å². The van der Waals surface area contributed by atoms with E-state index in [1.165, 1.54) is 0 Å². The number of hydrogen-bond acceptors (Lipinski definition) is 5. The van der Waals surface area contributed by atoms with E-state index in [1.54, 1.807) is 6.33 Å². The zero-order chi connectivity index (χ0) is 13.2. The summed E-state index contributed by atoms with van der Waals surface area (Å²) in [7, 11) is 0. The van der Waals surface area contributed by atoms with Gasteiger partial charge in [-0.15, -0.1) is 0 Å². The predicted octanol–water partition coefficient (Wildman–Crippen LogP) is 0.988. The molecule has 3 heterocycles. The number of aromatic nitrogens is 4. The van der Waals surface area contributed by atoms with E-state index in [0.717, 1.165) is 56.3 Å². The first-order valence-electron chi connectivity index (χ1n) is 6.96. The molecule has 0 bridgehead atoms. The number of aryl methyl sites for hydroxylation is 1. The van der Waals surface area contributed by atoms with E-state index in [4.69, 9.17) is 0 Å². The zero-order valence-electron chi connectivity index (χ0n) is 11.6. The molecule has 19 heavy (non-hydrogen) atoms. The summed E-state index contributed by atoms with van der Waals surface area (Å²) in [6, 6.07) is 0. The van der Waals surface area contributed by atoms with Crippen molar-refractivity contribution >= 4 is 17.0 Å². The van der Waals surface area contributed by atoms with Gasteiger partial charge in [0.2, 0.25) is 0 Å². The Balaban J connectivity index is 1.91. The minimum Gasteiger partial charge on any atom is -0.352 e. The fourth-order valence-corrected chi connectivity index (χ4v) is 2.61. The second-order valence-electron chi connectivity index (χ2n) is 4.82. The van der Waals surface area contributed by atoms with Gasteiger partial charge in [-0.25, -0.2) is 15.0 Å². The summed E-state index contributed by atoms with van der Waals surface area (Å²) in [5, 5.41) is 0. The smallest absolute Gasteiger partial charge is 0.165 e. The number of fused-ring (bicyclic) bond motifs is 1. The third kappa shape index (κ3) is 2.16. The molecule has 0 aromatic carbocycles. The lowest BCUT2D eigenvalue weighted by molar-refractivity contribution is 0.270. The van der Waals surface area contributed by atoms with Gasteiger partial charge < -0.3 is 14.4 Å². The molecule has 0 amide bonds. The van der Waals surface area contributed by atoms with E-state index >= 15 is 0 Å². The average Bonchev–Trinajstić information content (AvgIpc) is 2.90. The summed E-state index contributed by atoms with van der Waals surface area (Å²) in [5.74, 6) is 0.980. The maximum atomic E-state index is 4.49. The highest BCUT2D eigenvalue weighted by molar-refractivity contribution is 5.83. The van der Waals surface area contributed by atoms with Crippen molar-refractivity contribution in [2.45, 2.75) is 20.4 Å². The van der Waals surface area contributed by atoms with Gasteiger partial charge in [0.15, 0.2) is 17.0 Å². The molecule has 0 unspecified atom stereocenters. The molecule has 6 heteroatoms. The Morgan fingerprint density at radius 2 is 1.79 bits per heavy atom. The van der Waals surface area contributed by atoms with E-state index < -0.39 is 0 Å². The zero-order valence-corrected chi connectivity index (χ0v) is 11.6. The fourth-order valence-electron chi connectivity index (χ4n) is 2.61. The van der Waals surface area contributed by atoms with Crippen LogP contribution in [0.2, 0.25) is 0 Å². The molecule has 0 radical (unpaired) electrons. The second kappa shape index (κ2) is 5.13. The van der Waals surface area contributed by atoms with Gasteiger partial charge in [-0.05, 0) is 13.5 Å². The first-order chi connectivity index (χ1) is 9.33. The first-order valence-corrected chi connectivity index (χ1v) is 6.96. The third-order valence-corrected chi connectivity index (χ3v) is 3.84. The van der Waals surface area contributed by atoms with Crippen LogP contribution in [0.4, 0.5) is 5.82 Å². The quantitative estimate of drug-likeness (QED) is 0.823. The largest absolute Gasteiger partial charge is 0.352 e. The summed E-state index contributed by atoms with van der Waals surface area (Å²) >= 11 is 0.